The first-order valence-corrected chi connectivity index (χ1v) is 12.5. The van der Waals surface area contributed by atoms with Crippen molar-refractivity contribution in [3.8, 4) is 11.5 Å². The number of nitrogens with zero attached hydrogens (tertiary/aromatic N) is 3. The van der Waals surface area contributed by atoms with Gasteiger partial charge in [0.25, 0.3) is 5.91 Å². The highest BCUT2D eigenvalue weighted by Gasteiger charge is 2.26. The van der Waals surface area contributed by atoms with E-state index in [4.69, 9.17) is 9.47 Å². The Hall–Kier alpha value is -2.69. The number of benzene rings is 2. The van der Waals surface area contributed by atoms with Gasteiger partial charge in [-0.25, -0.2) is 8.42 Å². The largest absolute Gasteiger partial charge is 0.497 e. The fraction of sp³-hybridized carbons (Fsp3) is 0.364. The zero-order chi connectivity index (χ0) is 22.9. The number of sulfonamides is 1. The van der Waals surface area contributed by atoms with Crippen molar-refractivity contribution >= 4 is 37.5 Å². The first-order chi connectivity index (χ1) is 15.3. The highest BCUT2D eigenvalue weighted by Crippen LogP contribution is 2.32. The molecule has 0 radical (unpaired) electrons. The van der Waals surface area contributed by atoms with Crippen molar-refractivity contribution in [3.05, 3.63) is 46.8 Å². The summed E-state index contributed by atoms with van der Waals surface area (Å²) in [7, 11) is 1.43. The Bertz CT molecular complexity index is 1320. The Morgan fingerprint density at radius 1 is 1.03 bits per heavy atom. The average Bonchev–Trinajstić information content (AvgIpc) is 3.13. The fourth-order valence-corrected chi connectivity index (χ4v) is 6.36. The van der Waals surface area contributed by atoms with Gasteiger partial charge in [-0.05, 0) is 43.2 Å². The summed E-state index contributed by atoms with van der Waals surface area (Å²) < 4.78 is 40.6. The van der Waals surface area contributed by atoms with Crippen LogP contribution in [0, 0.1) is 0 Å². The molecular formula is C22H25N3O5S2. The summed E-state index contributed by atoms with van der Waals surface area (Å²) >= 11 is 1.35. The van der Waals surface area contributed by atoms with Gasteiger partial charge in [0.2, 0.25) is 10.0 Å². The van der Waals surface area contributed by atoms with Crippen molar-refractivity contribution in [2.45, 2.75) is 24.2 Å². The lowest BCUT2D eigenvalue weighted by molar-refractivity contribution is 0.0998. The van der Waals surface area contributed by atoms with Gasteiger partial charge in [0.05, 0.1) is 23.8 Å². The lowest BCUT2D eigenvalue weighted by atomic mass is 10.2. The van der Waals surface area contributed by atoms with E-state index < -0.39 is 15.9 Å². The minimum atomic E-state index is -3.54. The van der Waals surface area contributed by atoms with Crippen LogP contribution in [-0.2, 0) is 17.1 Å². The van der Waals surface area contributed by atoms with E-state index in [0.29, 0.717) is 35.0 Å². The van der Waals surface area contributed by atoms with Crippen molar-refractivity contribution < 1.29 is 22.7 Å². The lowest BCUT2D eigenvalue weighted by Crippen LogP contribution is -2.35. The molecule has 1 aliphatic heterocycles. The highest BCUT2D eigenvalue weighted by atomic mass is 32.2. The molecule has 170 valence electrons. The van der Waals surface area contributed by atoms with Crippen LogP contribution in [0.3, 0.4) is 0 Å². The summed E-state index contributed by atoms with van der Waals surface area (Å²) in [5.74, 6) is 0.832. The van der Waals surface area contributed by atoms with Crippen molar-refractivity contribution in [1.29, 1.82) is 0 Å². The van der Waals surface area contributed by atoms with Crippen molar-refractivity contribution in [2.24, 2.45) is 12.0 Å². The van der Waals surface area contributed by atoms with Crippen LogP contribution in [0.5, 0.6) is 11.5 Å². The maximum absolute atomic E-state index is 12.8. The Labute approximate surface area is 190 Å². The first kappa shape index (κ1) is 22.5. The number of aryl methyl sites for hydroxylation is 1. The lowest BCUT2D eigenvalue weighted by Gasteiger charge is -2.25. The number of aromatic nitrogens is 1. The number of ether oxygens (including phenoxy) is 2. The molecule has 2 aromatic carbocycles. The summed E-state index contributed by atoms with van der Waals surface area (Å²) in [6, 6.07) is 9.63. The van der Waals surface area contributed by atoms with Crippen LogP contribution >= 0.6 is 11.3 Å². The molecule has 0 aliphatic carbocycles. The van der Waals surface area contributed by atoms with Crippen molar-refractivity contribution in [2.75, 3.05) is 27.3 Å². The van der Waals surface area contributed by atoms with E-state index in [0.717, 1.165) is 29.5 Å². The van der Waals surface area contributed by atoms with Crippen LogP contribution < -0.4 is 14.3 Å². The third kappa shape index (κ3) is 4.17. The number of hydrogen-bond donors (Lipinski definition) is 0. The summed E-state index contributed by atoms with van der Waals surface area (Å²) in [6.45, 7) is 1.07. The molecule has 0 bridgehead atoms. The molecule has 1 fully saturated rings. The maximum atomic E-state index is 12.8. The second kappa shape index (κ2) is 9.05. The predicted molar refractivity (Wildman–Crippen MR) is 123 cm³/mol. The first-order valence-electron chi connectivity index (χ1n) is 10.3. The maximum Gasteiger partial charge on any atom is 0.279 e. The van der Waals surface area contributed by atoms with E-state index in [1.165, 1.54) is 39.9 Å². The molecule has 0 atom stereocenters. The van der Waals surface area contributed by atoms with Gasteiger partial charge in [0.15, 0.2) is 4.80 Å². The summed E-state index contributed by atoms with van der Waals surface area (Å²) in [4.78, 5) is 17.8. The highest BCUT2D eigenvalue weighted by molar-refractivity contribution is 7.89. The minimum absolute atomic E-state index is 0.195. The molecule has 0 N–H and O–H groups in total. The van der Waals surface area contributed by atoms with Gasteiger partial charge in [0, 0.05) is 31.8 Å². The van der Waals surface area contributed by atoms with Crippen LogP contribution in [-0.4, -0.2) is 50.5 Å². The molecule has 8 nitrogen and oxygen atoms in total. The van der Waals surface area contributed by atoms with E-state index >= 15 is 0 Å². The molecule has 0 spiro atoms. The summed E-state index contributed by atoms with van der Waals surface area (Å²) in [6.07, 6.45) is 2.80. The number of fused-ring (bicyclic) bond motifs is 1. The number of carbonyl (C=O) groups excluding carboxylic acids is 1. The monoisotopic (exact) mass is 475 g/mol. The molecule has 3 aromatic rings. The van der Waals surface area contributed by atoms with Crippen LogP contribution in [0.25, 0.3) is 10.2 Å². The van der Waals surface area contributed by atoms with E-state index in [-0.39, 0.29) is 4.90 Å². The van der Waals surface area contributed by atoms with E-state index in [1.54, 1.807) is 24.9 Å². The zero-order valence-corrected chi connectivity index (χ0v) is 19.8. The standard InChI is InChI=1S/C22H25N3O5S2/c1-24-20-18(30-3)13-16(29-2)14-19(20)31-22(24)23-21(26)15-7-9-17(10-8-15)32(27,28)25-11-5-4-6-12-25/h7-10,13-14H,4-6,11-12H2,1-3H3. The van der Waals surface area contributed by atoms with Gasteiger partial charge in [-0.2, -0.15) is 9.30 Å². The smallest absolute Gasteiger partial charge is 0.279 e. The predicted octanol–water partition coefficient (Wildman–Crippen LogP) is 3.17. The minimum Gasteiger partial charge on any atom is -0.497 e. The number of carbonyl (C=O) groups is 1. The van der Waals surface area contributed by atoms with E-state index in [1.807, 2.05) is 13.1 Å². The molecule has 0 unspecified atom stereocenters. The Morgan fingerprint density at radius 3 is 2.34 bits per heavy atom. The normalized spacial score (nSPS) is 15.8. The Balaban J connectivity index is 1.65. The second-order valence-corrected chi connectivity index (χ2v) is 10.5. The van der Waals surface area contributed by atoms with Crippen LogP contribution in [0.15, 0.2) is 46.3 Å². The molecule has 1 aliphatic rings. The molecule has 1 amide bonds. The quantitative estimate of drug-likeness (QED) is 0.565. The van der Waals surface area contributed by atoms with Gasteiger partial charge in [-0.15, -0.1) is 0 Å². The molecule has 0 saturated carbocycles. The second-order valence-electron chi connectivity index (χ2n) is 7.53. The molecule has 2 heterocycles. The third-order valence-corrected chi connectivity index (χ3v) is 8.54. The molecular weight excluding hydrogens is 450 g/mol. The summed E-state index contributed by atoms with van der Waals surface area (Å²) in [5, 5.41) is 0. The van der Waals surface area contributed by atoms with Gasteiger partial charge in [0.1, 0.15) is 17.0 Å². The van der Waals surface area contributed by atoms with Gasteiger partial charge in [-0.3, -0.25) is 4.79 Å². The van der Waals surface area contributed by atoms with Gasteiger partial charge >= 0.3 is 0 Å². The van der Waals surface area contributed by atoms with E-state index in [2.05, 4.69) is 4.99 Å². The Kier molecular flexibility index (Phi) is 6.36. The molecule has 32 heavy (non-hydrogen) atoms. The number of amides is 1. The van der Waals surface area contributed by atoms with E-state index in [9.17, 15) is 13.2 Å². The molecule has 1 aromatic heterocycles. The zero-order valence-electron chi connectivity index (χ0n) is 18.2. The number of hydrogen-bond acceptors (Lipinski definition) is 6. The SMILES string of the molecule is COc1cc(OC)c2c(c1)sc(=NC(=O)c1ccc(S(=O)(=O)N3CCCCC3)cc1)n2C. The van der Waals surface area contributed by atoms with Crippen molar-refractivity contribution in [3.63, 3.8) is 0 Å². The van der Waals surface area contributed by atoms with Gasteiger partial charge < -0.3 is 14.0 Å². The number of thiazole rings is 1. The fourth-order valence-electron chi connectivity index (χ4n) is 3.78. The Morgan fingerprint density at radius 2 is 1.72 bits per heavy atom. The molecule has 4 rings (SSSR count). The summed E-state index contributed by atoms with van der Waals surface area (Å²) in [5.41, 5.74) is 1.14. The third-order valence-electron chi connectivity index (χ3n) is 5.54. The van der Waals surface area contributed by atoms with Gasteiger partial charge in [-0.1, -0.05) is 17.8 Å². The van der Waals surface area contributed by atoms with Crippen molar-refractivity contribution in [1.82, 2.24) is 8.87 Å². The number of rotatable bonds is 5. The average molecular weight is 476 g/mol. The number of piperidine rings is 1. The van der Waals surface area contributed by atoms with Crippen LogP contribution in [0.1, 0.15) is 29.6 Å². The topological polar surface area (TPSA) is 90.2 Å². The molecule has 1 saturated heterocycles. The number of methoxy groups -OCH3 is 2. The van der Waals surface area contributed by atoms with Crippen LogP contribution in [0.4, 0.5) is 0 Å². The van der Waals surface area contributed by atoms with Crippen LogP contribution in [0.2, 0.25) is 0 Å². The molecule has 10 heteroatoms.